The van der Waals surface area contributed by atoms with Gasteiger partial charge in [0, 0.05) is 0 Å². The summed E-state index contributed by atoms with van der Waals surface area (Å²) in [6, 6.07) is 0. The van der Waals surface area contributed by atoms with E-state index in [1.165, 1.54) is 0 Å². The number of hydrogen-bond donors (Lipinski definition) is 0. The van der Waals surface area contributed by atoms with Crippen molar-refractivity contribution in [1.82, 2.24) is 0 Å². The SMILES string of the molecule is CC(C)O[C@@H]1O[C@H](OC(C)C)[C@@H](OC(C)C)O[C@@H]1OC(C)C. The number of hydrogen-bond acceptors (Lipinski definition) is 6. The van der Waals surface area contributed by atoms with Crippen LogP contribution in [0.5, 0.6) is 0 Å². The van der Waals surface area contributed by atoms with E-state index in [0.29, 0.717) is 0 Å². The lowest BCUT2D eigenvalue weighted by Crippen LogP contribution is -2.55. The summed E-state index contributed by atoms with van der Waals surface area (Å²) in [6.45, 7) is 15.5. The highest BCUT2D eigenvalue weighted by atomic mass is 16.9. The molecular formula is C16H32O6. The van der Waals surface area contributed by atoms with Crippen molar-refractivity contribution in [3.63, 3.8) is 0 Å². The molecule has 1 saturated heterocycles. The van der Waals surface area contributed by atoms with Crippen molar-refractivity contribution in [3.8, 4) is 0 Å². The van der Waals surface area contributed by atoms with Crippen LogP contribution in [0.1, 0.15) is 55.4 Å². The summed E-state index contributed by atoms with van der Waals surface area (Å²) in [5.41, 5.74) is 0. The van der Waals surface area contributed by atoms with Crippen LogP contribution in [0.15, 0.2) is 0 Å². The molecule has 0 N–H and O–H groups in total. The summed E-state index contributed by atoms with van der Waals surface area (Å²) in [5, 5.41) is 0. The molecule has 0 amide bonds. The van der Waals surface area contributed by atoms with Crippen LogP contribution < -0.4 is 0 Å². The minimum absolute atomic E-state index is 0.0193. The first kappa shape index (κ1) is 19.8. The maximum atomic E-state index is 5.92. The van der Waals surface area contributed by atoms with Crippen LogP contribution >= 0.6 is 0 Å². The third-order valence-electron chi connectivity index (χ3n) is 2.61. The van der Waals surface area contributed by atoms with Crippen LogP contribution in [0.25, 0.3) is 0 Å². The maximum absolute atomic E-state index is 5.92. The zero-order valence-electron chi connectivity index (χ0n) is 15.1. The molecule has 0 bridgehead atoms. The van der Waals surface area contributed by atoms with Crippen LogP contribution in [0.2, 0.25) is 0 Å². The second-order valence-corrected chi connectivity index (χ2v) is 6.49. The van der Waals surface area contributed by atoms with Crippen molar-refractivity contribution in [1.29, 1.82) is 0 Å². The number of rotatable bonds is 8. The molecule has 0 radical (unpaired) electrons. The molecule has 6 nitrogen and oxygen atoms in total. The van der Waals surface area contributed by atoms with Gasteiger partial charge in [0.15, 0.2) is 0 Å². The normalized spacial score (nSPS) is 30.0. The molecule has 22 heavy (non-hydrogen) atoms. The molecule has 1 heterocycles. The third kappa shape index (κ3) is 6.89. The Labute approximate surface area is 134 Å². The first-order valence-corrected chi connectivity index (χ1v) is 8.11. The predicted molar refractivity (Wildman–Crippen MR) is 82.2 cm³/mol. The summed E-state index contributed by atoms with van der Waals surface area (Å²) in [7, 11) is 0. The van der Waals surface area contributed by atoms with Crippen LogP contribution in [-0.2, 0) is 28.4 Å². The fourth-order valence-corrected chi connectivity index (χ4v) is 1.98. The van der Waals surface area contributed by atoms with Gasteiger partial charge in [0.25, 0.3) is 0 Å². The van der Waals surface area contributed by atoms with Crippen LogP contribution in [0, 0.1) is 0 Å². The average Bonchev–Trinajstić information content (AvgIpc) is 2.31. The van der Waals surface area contributed by atoms with Crippen molar-refractivity contribution in [2.24, 2.45) is 0 Å². The van der Waals surface area contributed by atoms with Crippen molar-refractivity contribution in [3.05, 3.63) is 0 Å². The van der Waals surface area contributed by atoms with Gasteiger partial charge in [0.1, 0.15) is 0 Å². The summed E-state index contributed by atoms with van der Waals surface area (Å²) < 4.78 is 34.9. The molecule has 0 unspecified atom stereocenters. The first-order valence-electron chi connectivity index (χ1n) is 8.11. The van der Waals surface area contributed by atoms with Crippen LogP contribution in [0.4, 0.5) is 0 Å². The lowest BCUT2D eigenvalue weighted by atomic mass is 10.4. The summed E-state index contributed by atoms with van der Waals surface area (Å²) in [4.78, 5) is 0. The van der Waals surface area contributed by atoms with Gasteiger partial charge in [-0.05, 0) is 55.4 Å². The maximum Gasteiger partial charge on any atom is 0.212 e. The topological polar surface area (TPSA) is 55.4 Å². The van der Waals surface area contributed by atoms with Gasteiger partial charge in [-0.15, -0.1) is 0 Å². The Kier molecular flexibility index (Phi) is 8.24. The van der Waals surface area contributed by atoms with Crippen molar-refractivity contribution >= 4 is 0 Å². The van der Waals surface area contributed by atoms with E-state index in [1.54, 1.807) is 0 Å². The molecule has 1 rings (SSSR count). The largest absolute Gasteiger partial charge is 0.345 e. The summed E-state index contributed by atoms with van der Waals surface area (Å²) >= 11 is 0. The zero-order valence-corrected chi connectivity index (χ0v) is 15.1. The van der Waals surface area contributed by atoms with Crippen LogP contribution in [0.3, 0.4) is 0 Å². The molecular weight excluding hydrogens is 288 g/mol. The Balaban J connectivity index is 2.83. The molecule has 1 aliphatic heterocycles. The van der Waals surface area contributed by atoms with Gasteiger partial charge >= 0.3 is 0 Å². The highest BCUT2D eigenvalue weighted by molar-refractivity contribution is 4.68. The Morgan fingerprint density at radius 2 is 0.636 bits per heavy atom. The summed E-state index contributed by atoms with van der Waals surface area (Å²) in [6.07, 6.45) is -2.70. The van der Waals surface area contributed by atoms with E-state index < -0.39 is 25.2 Å². The van der Waals surface area contributed by atoms with E-state index in [0.717, 1.165) is 0 Å². The van der Waals surface area contributed by atoms with E-state index in [1.807, 2.05) is 55.4 Å². The molecule has 6 heteroatoms. The van der Waals surface area contributed by atoms with E-state index in [2.05, 4.69) is 0 Å². The molecule has 0 spiro atoms. The Bertz CT molecular complexity index is 247. The van der Waals surface area contributed by atoms with Gasteiger partial charge in [-0.3, -0.25) is 0 Å². The van der Waals surface area contributed by atoms with Gasteiger partial charge in [0.05, 0.1) is 24.4 Å². The predicted octanol–water partition coefficient (Wildman–Crippen LogP) is 3.04. The minimum Gasteiger partial charge on any atom is -0.345 e. The second kappa shape index (κ2) is 9.15. The zero-order chi connectivity index (χ0) is 16.9. The Morgan fingerprint density at radius 1 is 0.455 bits per heavy atom. The van der Waals surface area contributed by atoms with Gasteiger partial charge in [-0.1, -0.05) is 0 Å². The molecule has 0 aromatic heterocycles. The molecule has 0 aromatic rings. The van der Waals surface area contributed by atoms with E-state index in [-0.39, 0.29) is 24.4 Å². The van der Waals surface area contributed by atoms with Crippen molar-refractivity contribution < 1.29 is 28.4 Å². The lowest BCUT2D eigenvalue weighted by molar-refractivity contribution is -0.450. The van der Waals surface area contributed by atoms with Gasteiger partial charge in [-0.2, -0.15) is 0 Å². The molecule has 0 aliphatic carbocycles. The van der Waals surface area contributed by atoms with Crippen LogP contribution in [-0.4, -0.2) is 49.6 Å². The molecule has 132 valence electrons. The number of ether oxygens (including phenoxy) is 6. The van der Waals surface area contributed by atoms with Gasteiger partial charge < -0.3 is 28.4 Å². The average molecular weight is 320 g/mol. The van der Waals surface area contributed by atoms with Crippen molar-refractivity contribution in [2.45, 2.75) is 105 Å². The highest BCUT2D eigenvalue weighted by Gasteiger charge is 2.43. The van der Waals surface area contributed by atoms with E-state index in [9.17, 15) is 0 Å². The summed E-state index contributed by atoms with van der Waals surface area (Å²) in [5.74, 6) is 0. The smallest absolute Gasteiger partial charge is 0.212 e. The molecule has 4 atom stereocenters. The second-order valence-electron chi connectivity index (χ2n) is 6.49. The molecule has 0 aromatic carbocycles. The standard InChI is InChI=1S/C16H32O6/c1-9(2)17-13-14(18-10(3)4)22-16(20-12(7)8)15(21-13)19-11(5)6/h9-16H,1-8H3/t13-,14-,15-,16+/m0/s1. The fraction of sp³-hybridized carbons (Fsp3) is 1.00. The quantitative estimate of drug-likeness (QED) is 0.685. The third-order valence-corrected chi connectivity index (χ3v) is 2.61. The van der Waals surface area contributed by atoms with Crippen molar-refractivity contribution in [2.75, 3.05) is 0 Å². The Morgan fingerprint density at radius 3 is 0.773 bits per heavy atom. The highest BCUT2D eigenvalue weighted by Crippen LogP contribution is 2.27. The fourth-order valence-electron chi connectivity index (χ4n) is 1.98. The Hall–Kier alpha value is -0.240. The van der Waals surface area contributed by atoms with Gasteiger partial charge in [0.2, 0.25) is 25.2 Å². The molecule has 1 fully saturated rings. The first-order chi connectivity index (χ1) is 10.2. The van der Waals surface area contributed by atoms with E-state index in [4.69, 9.17) is 28.4 Å². The molecule has 0 saturated carbocycles. The van der Waals surface area contributed by atoms with Gasteiger partial charge in [-0.25, -0.2) is 0 Å². The lowest BCUT2D eigenvalue weighted by Gasteiger charge is -2.42. The van der Waals surface area contributed by atoms with E-state index >= 15 is 0 Å². The molecule has 1 aliphatic rings. The monoisotopic (exact) mass is 320 g/mol. The minimum atomic E-state index is -0.654.